The van der Waals surface area contributed by atoms with E-state index in [1.807, 2.05) is 24.3 Å². The van der Waals surface area contributed by atoms with Gasteiger partial charge >= 0.3 is 0 Å². The number of carbonyl (C=O) groups excluding carboxylic acids is 2. The van der Waals surface area contributed by atoms with Crippen molar-refractivity contribution in [3.05, 3.63) is 88.4 Å². The average molecular weight is 421 g/mol. The Labute approximate surface area is 180 Å². The number of para-hydroxylation sites is 2. The third kappa shape index (κ3) is 4.02. The van der Waals surface area contributed by atoms with Crippen molar-refractivity contribution in [1.29, 1.82) is 0 Å². The molecule has 0 fully saturated rings. The van der Waals surface area contributed by atoms with Crippen molar-refractivity contribution in [3.8, 4) is 5.75 Å². The Morgan fingerprint density at radius 3 is 2.63 bits per heavy atom. The van der Waals surface area contributed by atoms with Crippen LogP contribution in [0.3, 0.4) is 0 Å². The van der Waals surface area contributed by atoms with Crippen molar-refractivity contribution in [1.82, 2.24) is 0 Å². The molecule has 0 aromatic heterocycles. The topological polar surface area (TPSA) is 58.6 Å². The fourth-order valence-corrected chi connectivity index (χ4v) is 3.86. The normalized spacial score (nSPS) is 12.8. The van der Waals surface area contributed by atoms with Crippen LogP contribution in [0.15, 0.2) is 66.7 Å². The standard InChI is InChI=1S/C24H21ClN2O3/c1-30-22-10-3-2-9-20(22)26-23(28)17-11-12-21-16(14-17)7-5-13-27(21)24(29)18-6-4-8-19(25)15-18/h2-4,6,8-12,14-15H,5,7,13H2,1H3,(H,26,28). The molecular weight excluding hydrogens is 400 g/mol. The first-order valence-electron chi connectivity index (χ1n) is 9.71. The highest BCUT2D eigenvalue weighted by atomic mass is 35.5. The van der Waals surface area contributed by atoms with Crippen LogP contribution in [0.2, 0.25) is 5.02 Å². The Morgan fingerprint density at radius 1 is 1.00 bits per heavy atom. The Kier molecular flexibility index (Phi) is 5.72. The van der Waals surface area contributed by atoms with Crippen LogP contribution in [-0.4, -0.2) is 25.5 Å². The highest BCUT2D eigenvalue weighted by Crippen LogP contribution is 2.30. The first-order chi connectivity index (χ1) is 14.6. The molecule has 1 aliphatic rings. The lowest BCUT2D eigenvalue weighted by molar-refractivity contribution is 0.0984. The van der Waals surface area contributed by atoms with Crippen LogP contribution in [0.4, 0.5) is 11.4 Å². The van der Waals surface area contributed by atoms with Gasteiger partial charge in [0.1, 0.15) is 5.75 Å². The maximum absolute atomic E-state index is 13.0. The largest absolute Gasteiger partial charge is 0.495 e. The second-order valence-electron chi connectivity index (χ2n) is 7.07. The van der Waals surface area contributed by atoms with Crippen LogP contribution in [-0.2, 0) is 6.42 Å². The summed E-state index contributed by atoms with van der Waals surface area (Å²) in [5.74, 6) is 0.285. The van der Waals surface area contributed by atoms with E-state index >= 15 is 0 Å². The number of hydrogen-bond donors (Lipinski definition) is 1. The minimum atomic E-state index is -0.222. The lowest BCUT2D eigenvalue weighted by atomic mass is 9.98. The molecule has 0 unspecified atom stereocenters. The van der Waals surface area contributed by atoms with Crippen molar-refractivity contribution in [2.45, 2.75) is 12.8 Å². The monoisotopic (exact) mass is 420 g/mol. The second kappa shape index (κ2) is 8.59. The third-order valence-electron chi connectivity index (χ3n) is 5.13. The molecule has 0 aliphatic carbocycles. The molecule has 1 heterocycles. The summed E-state index contributed by atoms with van der Waals surface area (Å²) in [5, 5.41) is 3.42. The molecule has 6 heteroatoms. The van der Waals surface area contributed by atoms with E-state index in [9.17, 15) is 9.59 Å². The minimum Gasteiger partial charge on any atom is -0.495 e. The number of benzene rings is 3. The molecule has 0 bridgehead atoms. The molecule has 4 rings (SSSR count). The smallest absolute Gasteiger partial charge is 0.258 e. The summed E-state index contributed by atoms with van der Waals surface area (Å²) in [6.45, 7) is 0.630. The van der Waals surface area contributed by atoms with E-state index in [0.717, 1.165) is 24.1 Å². The van der Waals surface area contributed by atoms with Gasteiger partial charge in [0.25, 0.3) is 11.8 Å². The van der Waals surface area contributed by atoms with Gasteiger partial charge in [0.05, 0.1) is 12.8 Å². The zero-order valence-corrected chi connectivity index (χ0v) is 17.3. The predicted molar refractivity (Wildman–Crippen MR) is 119 cm³/mol. The fraction of sp³-hybridized carbons (Fsp3) is 0.167. The molecule has 0 saturated carbocycles. The van der Waals surface area contributed by atoms with Crippen LogP contribution in [0.5, 0.6) is 5.75 Å². The second-order valence-corrected chi connectivity index (χ2v) is 7.51. The van der Waals surface area contributed by atoms with Gasteiger partial charge in [0.2, 0.25) is 0 Å². The van der Waals surface area contributed by atoms with Crippen LogP contribution in [0, 0.1) is 0 Å². The summed E-state index contributed by atoms with van der Waals surface area (Å²) in [6.07, 6.45) is 1.64. The van der Waals surface area contributed by atoms with Crippen LogP contribution in [0.1, 0.15) is 32.7 Å². The third-order valence-corrected chi connectivity index (χ3v) is 5.37. The number of nitrogens with zero attached hydrogens (tertiary/aromatic N) is 1. The highest BCUT2D eigenvalue weighted by molar-refractivity contribution is 6.31. The van der Waals surface area contributed by atoms with Gasteiger partial charge in [-0.2, -0.15) is 0 Å². The summed E-state index contributed by atoms with van der Waals surface area (Å²) in [6, 6.07) is 19.7. The number of aryl methyl sites for hydroxylation is 1. The number of methoxy groups -OCH3 is 1. The van der Waals surface area contributed by atoms with Crippen molar-refractivity contribution in [2.24, 2.45) is 0 Å². The highest BCUT2D eigenvalue weighted by Gasteiger charge is 2.24. The zero-order chi connectivity index (χ0) is 21.1. The van der Waals surface area contributed by atoms with Gasteiger partial charge in [-0.05, 0) is 66.9 Å². The summed E-state index contributed by atoms with van der Waals surface area (Å²) in [7, 11) is 1.56. The Hall–Kier alpha value is -3.31. The molecule has 2 amide bonds. The Balaban J connectivity index is 1.59. The van der Waals surface area contributed by atoms with E-state index in [1.165, 1.54) is 0 Å². The van der Waals surface area contributed by atoms with Crippen molar-refractivity contribution >= 4 is 34.8 Å². The van der Waals surface area contributed by atoms with Crippen molar-refractivity contribution < 1.29 is 14.3 Å². The maximum Gasteiger partial charge on any atom is 0.258 e. The molecule has 3 aromatic carbocycles. The number of fused-ring (bicyclic) bond motifs is 1. The van der Waals surface area contributed by atoms with E-state index in [2.05, 4.69) is 5.32 Å². The number of nitrogens with one attached hydrogen (secondary N) is 1. The van der Waals surface area contributed by atoms with Crippen LogP contribution in [0.25, 0.3) is 0 Å². The first-order valence-corrected chi connectivity index (χ1v) is 10.1. The van der Waals surface area contributed by atoms with Gasteiger partial charge in [0, 0.05) is 28.4 Å². The van der Waals surface area contributed by atoms with Gasteiger partial charge in [-0.3, -0.25) is 9.59 Å². The molecule has 1 N–H and O–H groups in total. The van der Waals surface area contributed by atoms with Crippen molar-refractivity contribution in [3.63, 3.8) is 0 Å². The van der Waals surface area contributed by atoms with E-state index in [1.54, 1.807) is 54.5 Å². The van der Waals surface area contributed by atoms with Gasteiger partial charge in [-0.15, -0.1) is 0 Å². The maximum atomic E-state index is 13.0. The lowest BCUT2D eigenvalue weighted by Crippen LogP contribution is -2.35. The molecule has 152 valence electrons. The number of ether oxygens (including phenoxy) is 1. The molecule has 5 nitrogen and oxygen atoms in total. The Morgan fingerprint density at radius 2 is 1.83 bits per heavy atom. The summed E-state index contributed by atoms with van der Waals surface area (Å²) >= 11 is 6.05. The van der Waals surface area contributed by atoms with E-state index < -0.39 is 0 Å². The van der Waals surface area contributed by atoms with Gasteiger partial charge in [-0.1, -0.05) is 29.8 Å². The van der Waals surface area contributed by atoms with Gasteiger partial charge in [-0.25, -0.2) is 0 Å². The number of hydrogen-bond acceptors (Lipinski definition) is 3. The predicted octanol–water partition coefficient (Wildman–Crippen LogP) is 5.19. The molecule has 0 spiro atoms. The summed E-state index contributed by atoms with van der Waals surface area (Å²) in [5.41, 5.74) is 3.51. The van der Waals surface area contributed by atoms with E-state index in [4.69, 9.17) is 16.3 Å². The molecule has 1 aliphatic heterocycles. The number of halogens is 1. The molecule has 0 radical (unpaired) electrons. The molecule has 3 aromatic rings. The number of anilines is 2. The van der Waals surface area contributed by atoms with Crippen LogP contribution >= 0.6 is 11.6 Å². The number of rotatable bonds is 4. The molecular formula is C24H21ClN2O3. The van der Waals surface area contributed by atoms with E-state index in [-0.39, 0.29) is 11.8 Å². The zero-order valence-electron chi connectivity index (χ0n) is 16.5. The van der Waals surface area contributed by atoms with Gasteiger partial charge < -0.3 is 15.0 Å². The average Bonchev–Trinajstić information content (AvgIpc) is 2.78. The quantitative estimate of drug-likeness (QED) is 0.631. The molecule has 0 atom stereocenters. The number of amides is 2. The summed E-state index contributed by atoms with van der Waals surface area (Å²) in [4.78, 5) is 27.6. The molecule has 0 saturated heterocycles. The Bertz CT molecular complexity index is 1110. The minimum absolute atomic E-state index is 0.0929. The van der Waals surface area contributed by atoms with Crippen molar-refractivity contribution in [2.75, 3.05) is 23.9 Å². The van der Waals surface area contributed by atoms with Gasteiger partial charge in [0.15, 0.2) is 0 Å². The molecule has 30 heavy (non-hydrogen) atoms. The lowest BCUT2D eigenvalue weighted by Gasteiger charge is -2.30. The SMILES string of the molecule is COc1ccccc1NC(=O)c1ccc2c(c1)CCCN2C(=O)c1cccc(Cl)c1. The summed E-state index contributed by atoms with van der Waals surface area (Å²) < 4.78 is 5.30. The van der Waals surface area contributed by atoms with E-state index in [0.29, 0.717) is 34.1 Å². The fourth-order valence-electron chi connectivity index (χ4n) is 3.67. The number of carbonyl (C=O) groups is 2. The first kappa shape index (κ1) is 20.0. The van der Waals surface area contributed by atoms with Crippen LogP contribution < -0.4 is 15.0 Å².